The first-order valence-corrected chi connectivity index (χ1v) is 10.4. The summed E-state index contributed by atoms with van der Waals surface area (Å²) in [4.78, 5) is 29.8. The molecule has 0 N–H and O–H groups in total. The summed E-state index contributed by atoms with van der Waals surface area (Å²) in [7, 11) is 1.42. The summed E-state index contributed by atoms with van der Waals surface area (Å²) in [6.07, 6.45) is 6.11. The molecule has 3 fully saturated rings. The Kier molecular flexibility index (Phi) is 5.48. The zero-order chi connectivity index (χ0) is 18.8. The van der Waals surface area contributed by atoms with Crippen LogP contribution >= 0.6 is 0 Å². The average Bonchev–Trinajstić information content (AvgIpc) is 3.30. The molecule has 27 heavy (non-hydrogen) atoms. The molecule has 2 saturated heterocycles. The largest absolute Gasteiger partial charge is 0.469 e. The van der Waals surface area contributed by atoms with E-state index < -0.39 is 0 Å². The van der Waals surface area contributed by atoms with E-state index in [0.29, 0.717) is 12.1 Å². The van der Waals surface area contributed by atoms with Crippen molar-refractivity contribution in [2.75, 3.05) is 20.2 Å². The fourth-order valence-corrected chi connectivity index (χ4v) is 5.21. The summed E-state index contributed by atoms with van der Waals surface area (Å²) in [5.41, 5.74) is 1.34. The topological polar surface area (TPSA) is 49.9 Å². The Bertz CT molecular complexity index is 677. The third-order valence-electron chi connectivity index (χ3n) is 6.76. The fraction of sp³-hybridized carbons (Fsp3) is 0.636. The molecule has 1 aliphatic carbocycles. The van der Waals surface area contributed by atoms with Gasteiger partial charge in [-0.2, -0.15) is 0 Å². The lowest BCUT2D eigenvalue weighted by Crippen LogP contribution is -2.53. The fourth-order valence-electron chi connectivity index (χ4n) is 5.21. The van der Waals surface area contributed by atoms with E-state index in [1.165, 1.54) is 19.1 Å². The highest BCUT2D eigenvalue weighted by Crippen LogP contribution is 2.39. The smallest absolute Gasteiger partial charge is 0.309 e. The van der Waals surface area contributed by atoms with Gasteiger partial charge in [-0.1, -0.05) is 30.3 Å². The zero-order valence-electron chi connectivity index (χ0n) is 16.2. The maximum atomic E-state index is 13.2. The lowest BCUT2D eigenvalue weighted by atomic mass is 9.72. The molecule has 146 valence electrons. The molecule has 0 spiro atoms. The average molecular weight is 370 g/mol. The number of benzene rings is 1. The monoisotopic (exact) mass is 370 g/mol. The molecular weight excluding hydrogens is 340 g/mol. The molecule has 1 amide bonds. The van der Waals surface area contributed by atoms with Gasteiger partial charge in [0, 0.05) is 25.2 Å². The van der Waals surface area contributed by atoms with E-state index in [4.69, 9.17) is 4.74 Å². The quantitative estimate of drug-likeness (QED) is 0.748. The number of ether oxygens (including phenoxy) is 1. The number of hydrogen-bond donors (Lipinski definition) is 0. The summed E-state index contributed by atoms with van der Waals surface area (Å²) in [5, 5.41) is 0. The van der Waals surface area contributed by atoms with Crippen LogP contribution in [0.1, 0.15) is 44.1 Å². The maximum Gasteiger partial charge on any atom is 0.309 e. The second kappa shape index (κ2) is 8.01. The highest BCUT2D eigenvalue weighted by molar-refractivity contribution is 5.87. The second-order valence-electron chi connectivity index (χ2n) is 8.22. The van der Waals surface area contributed by atoms with Crippen LogP contribution in [0.4, 0.5) is 0 Å². The van der Waals surface area contributed by atoms with Crippen molar-refractivity contribution in [2.24, 2.45) is 11.8 Å². The second-order valence-corrected chi connectivity index (χ2v) is 8.22. The summed E-state index contributed by atoms with van der Waals surface area (Å²) in [6, 6.07) is 11.3. The van der Waals surface area contributed by atoms with Crippen LogP contribution in [0.25, 0.3) is 0 Å². The van der Waals surface area contributed by atoms with Crippen LogP contribution in [-0.2, 0) is 20.9 Å². The molecule has 0 unspecified atom stereocenters. The standard InChI is InChI=1S/C22H30N2O3/c1-27-22(26)18-12-11-17(18)21(25)24-14-6-10-20(24)19-9-5-13-23(19)15-16-7-3-2-4-8-16/h2-4,7-8,17-20H,5-6,9-15H2,1H3/t17-,18+,19+,20-/m0/s1. The Hall–Kier alpha value is -1.88. The van der Waals surface area contributed by atoms with Gasteiger partial charge in [0.1, 0.15) is 0 Å². The molecule has 2 aliphatic heterocycles. The van der Waals surface area contributed by atoms with E-state index in [-0.39, 0.29) is 23.7 Å². The van der Waals surface area contributed by atoms with Crippen LogP contribution < -0.4 is 0 Å². The third-order valence-corrected chi connectivity index (χ3v) is 6.76. The Morgan fingerprint density at radius 2 is 1.67 bits per heavy atom. The number of esters is 1. The number of hydrogen-bond acceptors (Lipinski definition) is 4. The summed E-state index contributed by atoms with van der Waals surface area (Å²) < 4.78 is 4.89. The Balaban J connectivity index is 1.44. The molecule has 0 radical (unpaired) electrons. The van der Waals surface area contributed by atoms with E-state index >= 15 is 0 Å². The van der Waals surface area contributed by atoms with E-state index in [1.807, 2.05) is 0 Å². The van der Waals surface area contributed by atoms with Crippen molar-refractivity contribution in [3.05, 3.63) is 35.9 Å². The van der Waals surface area contributed by atoms with Crippen molar-refractivity contribution in [3.8, 4) is 0 Å². The van der Waals surface area contributed by atoms with Crippen LogP contribution in [0, 0.1) is 11.8 Å². The minimum Gasteiger partial charge on any atom is -0.469 e. The van der Waals surface area contributed by atoms with Gasteiger partial charge in [0.05, 0.1) is 18.9 Å². The van der Waals surface area contributed by atoms with Crippen molar-refractivity contribution < 1.29 is 14.3 Å². The first-order valence-electron chi connectivity index (χ1n) is 10.4. The molecule has 1 aromatic carbocycles. The van der Waals surface area contributed by atoms with Gasteiger partial charge in [0.2, 0.25) is 5.91 Å². The highest BCUT2D eigenvalue weighted by atomic mass is 16.5. The molecule has 2 heterocycles. The maximum absolute atomic E-state index is 13.2. The Morgan fingerprint density at radius 3 is 2.37 bits per heavy atom. The van der Waals surface area contributed by atoms with Gasteiger partial charge in [0.25, 0.3) is 0 Å². The number of carbonyl (C=O) groups is 2. The predicted molar refractivity (Wildman–Crippen MR) is 103 cm³/mol. The number of likely N-dealkylation sites (tertiary alicyclic amines) is 2. The number of nitrogens with zero attached hydrogens (tertiary/aromatic N) is 2. The van der Waals surface area contributed by atoms with Crippen LogP contribution in [0.15, 0.2) is 30.3 Å². The highest BCUT2D eigenvalue weighted by Gasteiger charge is 2.47. The van der Waals surface area contributed by atoms with E-state index in [2.05, 4.69) is 40.1 Å². The van der Waals surface area contributed by atoms with Gasteiger partial charge in [-0.15, -0.1) is 0 Å². The van der Waals surface area contributed by atoms with Crippen LogP contribution in [0.5, 0.6) is 0 Å². The van der Waals surface area contributed by atoms with Crippen LogP contribution in [-0.4, -0.2) is 54.0 Å². The molecule has 4 atom stereocenters. The number of methoxy groups -OCH3 is 1. The summed E-state index contributed by atoms with van der Waals surface area (Å²) in [5.74, 6) is -0.428. The minimum absolute atomic E-state index is 0.165. The van der Waals surface area contributed by atoms with Gasteiger partial charge in [-0.3, -0.25) is 14.5 Å². The molecule has 0 aromatic heterocycles. The molecule has 1 saturated carbocycles. The predicted octanol–water partition coefficient (Wildman–Crippen LogP) is 2.84. The molecule has 3 aliphatic rings. The molecule has 1 aromatic rings. The van der Waals surface area contributed by atoms with Crippen molar-refractivity contribution in [3.63, 3.8) is 0 Å². The Morgan fingerprint density at radius 1 is 0.963 bits per heavy atom. The van der Waals surface area contributed by atoms with Gasteiger partial charge in [-0.05, 0) is 50.6 Å². The first-order chi connectivity index (χ1) is 13.2. The van der Waals surface area contributed by atoms with Crippen molar-refractivity contribution in [1.29, 1.82) is 0 Å². The van der Waals surface area contributed by atoms with Gasteiger partial charge < -0.3 is 9.64 Å². The SMILES string of the molecule is COC(=O)[C@@H]1CC[C@@H]1C(=O)N1CCC[C@H]1[C@H]1CCCN1Cc1ccccc1. The molecular formula is C22H30N2O3. The lowest BCUT2D eigenvalue weighted by molar-refractivity contribution is -0.159. The molecule has 4 rings (SSSR count). The van der Waals surface area contributed by atoms with Crippen molar-refractivity contribution >= 4 is 11.9 Å². The van der Waals surface area contributed by atoms with Crippen LogP contribution in [0.2, 0.25) is 0 Å². The molecule has 5 heteroatoms. The summed E-state index contributed by atoms with van der Waals surface area (Å²) in [6.45, 7) is 2.90. The van der Waals surface area contributed by atoms with E-state index in [1.54, 1.807) is 0 Å². The minimum atomic E-state index is -0.229. The van der Waals surface area contributed by atoms with Gasteiger partial charge in [0.15, 0.2) is 0 Å². The van der Waals surface area contributed by atoms with Crippen LogP contribution in [0.3, 0.4) is 0 Å². The van der Waals surface area contributed by atoms with Crippen molar-refractivity contribution in [2.45, 2.75) is 57.2 Å². The van der Waals surface area contributed by atoms with E-state index in [9.17, 15) is 9.59 Å². The van der Waals surface area contributed by atoms with E-state index in [0.717, 1.165) is 51.7 Å². The normalized spacial score (nSPS) is 30.9. The Labute approximate surface area is 161 Å². The molecule has 5 nitrogen and oxygen atoms in total. The number of amides is 1. The van der Waals surface area contributed by atoms with Gasteiger partial charge in [-0.25, -0.2) is 0 Å². The third kappa shape index (κ3) is 3.62. The molecule has 0 bridgehead atoms. The van der Waals surface area contributed by atoms with Crippen molar-refractivity contribution in [1.82, 2.24) is 9.80 Å². The van der Waals surface area contributed by atoms with Gasteiger partial charge >= 0.3 is 5.97 Å². The number of rotatable bonds is 5. The zero-order valence-corrected chi connectivity index (χ0v) is 16.2. The summed E-state index contributed by atoms with van der Waals surface area (Å²) >= 11 is 0. The first kappa shape index (κ1) is 18.5. The number of carbonyl (C=O) groups excluding carboxylic acids is 2. The lowest BCUT2D eigenvalue weighted by Gasteiger charge is -2.40.